The zero-order chi connectivity index (χ0) is 21.0. The fraction of sp³-hybridized carbons (Fsp3) is 0.292. The predicted octanol–water partition coefficient (Wildman–Crippen LogP) is 6.12. The number of hydrogen-bond acceptors (Lipinski definition) is 4. The molecule has 1 atom stereocenters. The average Bonchev–Trinajstić information content (AvgIpc) is 3.10. The number of nitrogens with one attached hydrogen (secondary N) is 1. The second-order valence-corrected chi connectivity index (χ2v) is 9.28. The van der Waals surface area contributed by atoms with E-state index in [0.29, 0.717) is 22.5 Å². The van der Waals surface area contributed by atoms with Crippen LogP contribution in [-0.2, 0) is 0 Å². The van der Waals surface area contributed by atoms with Gasteiger partial charge in [0.25, 0.3) is 5.78 Å². The zero-order valence-corrected chi connectivity index (χ0v) is 18.3. The molecular formula is C24H24ClN5. The maximum atomic E-state index is 6.32. The zero-order valence-electron chi connectivity index (χ0n) is 17.6. The van der Waals surface area contributed by atoms with Gasteiger partial charge in [0.1, 0.15) is 0 Å². The van der Waals surface area contributed by atoms with Crippen molar-refractivity contribution in [1.29, 1.82) is 0 Å². The predicted molar refractivity (Wildman–Crippen MR) is 122 cm³/mol. The molecule has 6 heteroatoms. The molecule has 0 fully saturated rings. The topological polar surface area (TPSA) is 55.1 Å². The van der Waals surface area contributed by atoms with Gasteiger partial charge in [-0.3, -0.25) is 0 Å². The second-order valence-electron chi connectivity index (χ2n) is 8.87. The van der Waals surface area contributed by atoms with E-state index in [1.165, 1.54) is 22.4 Å². The average molecular weight is 418 g/mol. The van der Waals surface area contributed by atoms with Crippen molar-refractivity contribution < 1.29 is 0 Å². The lowest BCUT2D eigenvalue weighted by atomic mass is 9.80. The molecular weight excluding hydrogens is 394 g/mol. The molecule has 152 valence electrons. The molecule has 0 radical (unpaired) electrons. The fourth-order valence-corrected chi connectivity index (χ4v) is 4.74. The number of halogens is 1. The highest BCUT2D eigenvalue weighted by atomic mass is 35.5. The van der Waals surface area contributed by atoms with Crippen molar-refractivity contribution in [2.45, 2.75) is 45.6 Å². The number of anilines is 1. The van der Waals surface area contributed by atoms with Crippen molar-refractivity contribution in [3.05, 3.63) is 64.9 Å². The van der Waals surface area contributed by atoms with E-state index < -0.39 is 0 Å². The molecule has 0 spiro atoms. The van der Waals surface area contributed by atoms with Crippen molar-refractivity contribution in [3.63, 3.8) is 0 Å². The van der Waals surface area contributed by atoms with Crippen LogP contribution in [0.15, 0.2) is 48.8 Å². The van der Waals surface area contributed by atoms with Crippen LogP contribution in [0.2, 0.25) is 5.02 Å². The van der Waals surface area contributed by atoms with Crippen molar-refractivity contribution in [1.82, 2.24) is 19.6 Å². The molecule has 0 saturated carbocycles. The molecule has 1 aliphatic rings. The Morgan fingerprint density at radius 3 is 2.77 bits per heavy atom. The summed E-state index contributed by atoms with van der Waals surface area (Å²) in [5.41, 5.74) is 6.90. The molecule has 3 heterocycles. The SMILES string of the molecule is Cc1cc2c(cc1-c1cnc3nc(-c4ccccc4Cl)nn3c1)[C@H](C)CC(C)(C)N2. The van der Waals surface area contributed by atoms with Gasteiger partial charge in [0.2, 0.25) is 0 Å². The standard InChI is InChI=1S/C24H24ClN5/c1-14-9-21-19(15(2)11-24(3,4)28-21)10-18(14)16-12-26-23-27-22(29-30(23)13-16)17-7-5-6-8-20(17)25/h5-10,12-13,15,28H,11H2,1-4H3/t15-/m1/s1. The molecule has 1 aliphatic heterocycles. The van der Waals surface area contributed by atoms with Crippen LogP contribution in [0, 0.1) is 6.92 Å². The summed E-state index contributed by atoms with van der Waals surface area (Å²) in [6, 6.07) is 12.1. The van der Waals surface area contributed by atoms with Crippen molar-refractivity contribution in [2.75, 3.05) is 5.32 Å². The van der Waals surface area contributed by atoms with Gasteiger partial charge in [-0.25, -0.2) is 9.50 Å². The molecule has 5 rings (SSSR count). The molecule has 0 saturated heterocycles. The van der Waals surface area contributed by atoms with E-state index in [0.717, 1.165) is 17.5 Å². The van der Waals surface area contributed by atoms with Gasteiger partial charge in [-0.05, 0) is 74.1 Å². The number of hydrogen-bond donors (Lipinski definition) is 1. The highest BCUT2D eigenvalue weighted by molar-refractivity contribution is 6.33. The summed E-state index contributed by atoms with van der Waals surface area (Å²) in [7, 11) is 0. The lowest BCUT2D eigenvalue weighted by molar-refractivity contribution is 0.454. The number of benzene rings is 2. The van der Waals surface area contributed by atoms with E-state index in [4.69, 9.17) is 11.6 Å². The van der Waals surface area contributed by atoms with Crippen LogP contribution in [0.4, 0.5) is 5.69 Å². The molecule has 5 nitrogen and oxygen atoms in total. The number of rotatable bonds is 2. The van der Waals surface area contributed by atoms with E-state index in [-0.39, 0.29) is 5.54 Å². The maximum absolute atomic E-state index is 6.32. The molecule has 2 aromatic carbocycles. The minimum absolute atomic E-state index is 0.108. The quantitative estimate of drug-likeness (QED) is 0.427. The molecule has 30 heavy (non-hydrogen) atoms. The lowest BCUT2D eigenvalue weighted by Crippen LogP contribution is -2.36. The number of aromatic nitrogens is 4. The summed E-state index contributed by atoms with van der Waals surface area (Å²) < 4.78 is 1.73. The Morgan fingerprint density at radius 2 is 1.97 bits per heavy atom. The molecule has 2 aromatic heterocycles. The van der Waals surface area contributed by atoms with E-state index in [9.17, 15) is 0 Å². The van der Waals surface area contributed by atoms with Crippen LogP contribution < -0.4 is 5.32 Å². The van der Waals surface area contributed by atoms with Crippen LogP contribution in [0.5, 0.6) is 0 Å². The highest BCUT2D eigenvalue weighted by Crippen LogP contribution is 2.41. The van der Waals surface area contributed by atoms with Crippen LogP contribution in [0.1, 0.15) is 44.2 Å². The first-order valence-corrected chi connectivity index (χ1v) is 10.6. The van der Waals surface area contributed by atoms with Gasteiger partial charge >= 0.3 is 0 Å². The number of nitrogens with zero attached hydrogens (tertiary/aromatic N) is 4. The van der Waals surface area contributed by atoms with Crippen LogP contribution in [0.25, 0.3) is 28.3 Å². The third kappa shape index (κ3) is 3.23. The normalized spacial score (nSPS) is 17.6. The second kappa shape index (κ2) is 6.81. The first kappa shape index (κ1) is 19.1. The summed E-state index contributed by atoms with van der Waals surface area (Å²) in [5.74, 6) is 1.62. The summed E-state index contributed by atoms with van der Waals surface area (Å²) >= 11 is 6.32. The van der Waals surface area contributed by atoms with Gasteiger partial charge in [-0.1, -0.05) is 30.7 Å². The Kier molecular flexibility index (Phi) is 4.33. The van der Waals surface area contributed by atoms with Crippen molar-refractivity contribution in [3.8, 4) is 22.5 Å². The van der Waals surface area contributed by atoms with Gasteiger partial charge in [0, 0.05) is 34.7 Å². The van der Waals surface area contributed by atoms with E-state index in [1.807, 2.05) is 36.7 Å². The van der Waals surface area contributed by atoms with Gasteiger partial charge < -0.3 is 5.32 Å². The van der Waals surface area contributed by atoms with Crippen LogP contribution in [-0.4, -0.2) is 25.1 Å². The van der Waals surface area contributed by atoms with Gasteiger partial charge in [0.05, 0.1) is 5.02 Å². The largest absolute Gasteiger partial charge is 0.380 e. The minimum Gasteiger partial charge on any atom is -0.380 e. The summed E-state index contributed by atoms with van der Waals surface area (Å²) in [6.45, 7) is 8.96. The Morgan fingerprint density at radius 1 is 1.17 bits per heavy atom. The molecule has 4 aromatic rings. The minimum atomic E-state index is 0.108. The first-order valence-electron chi connectivity index (χ1n) is 10.2. The molecule has 1 N–H and O–H groups in total. The van der Waals surface area contributed by atoms with E-state index in [1.54, 1.807) is 4.52 Å². The monoisotopic (exact) mass is 417 g/mol. The maximum Gasteiger partial charge on any atom is 0.252 e. The van der Waals surface area contributed by atoms with Crippen LogP contribution >= 0.6 is 11.6 Å². The van der Waals surface area contributed by atoms with Gasteiger partial charge in [-0.15, -0.1) is 5.10 Å². The molecule has 0 unspecified atom stereocenters. The third-order valence-electron chi connectivity index (χ3n) is 5.84. The third-order valence-corrected chi connectivity index (χ3v) is 6.17. The van der Waals surface area contributed by atoms with Crippen molar-refractivity contribution in [2.24, 2.45) is 0 Å². The highest BCUT2D eigenvalue weighted by Gasteiger charge is 2.29. The van der Waals surface area contributed by atoms with E-state index >= 15 is 0 Å². The van der Waals surface area contributed by atoms with E-state index in [2.05, 4.69) is 60.2 Å². The molecule has 0 bridgehead atoms. The Bertz CT molecular complexity index is 1270. The Balaban J connectivity index is 1.59. The van der Waals surface area contributed by atoms with Crippen LogP contribution in [0.3, 0.4) is 0 Å². The summed E-state index contributed by atoms with van der Waals surface area (Å²) in [5, 5.41) is 8.94. The lowest BCUT2D eigenvalue weighted by Gasteiger charge is -2.38. The summed E-state index contributed by atoms with van der Waals surface area (Å²) in [6.07, 6.45) is 4.97. The Labute approximate surface area is 181 Å². The first-order chi connectivity index (χ1) is 14.3. The van der Waals surface area contributed by atoms with Gasteiger partial charge in [0.15, 0.2) is 5.82 Å². The summed E-state index contributed by atoms with van der Waals surface area (Å²) in [4.78, 5) is 9.10. The number of aryl methyl sites for hydroxylation is 1. The van der Waals surface area contributed by atoms with Crippen molar-refractivity contribution >= 4 is 23.1 Å². The fourth-order valence-electron chi connectivity index (χ4n) is 4.52. The molecule has 0 amide bonds. The number of fused-ring (bicyclic) bond motifs is 2. The Hall–Kier alpha value is -2.92. The molecule has 0 aliphatic carbocycles. The van der Waals surface area contributed by atoms with Gasteiger partial charge in [-0.2, -0.15) is 4.98 Å². The smallest absolute Gasteiger partial charge is 0.252 e.